The summed E-state index contributed by atoms with van der Waals surface area (Å²) >= 11 is 0. The highest BCUT2D eigenvalue weighted by molar-refractivity contribution is 6.62. The van der Waals surface area contributed by atoms with Crippen LogP contribution in [0.4, 0.5) is 0 Å². The lowest BCUT2D eigenvalue weighted by Gasteiger charge is -2.54. The first-order chi connectivity index (χ1) is 9.30. The van der Waals surface area contributed by atoms with Gasteiger partial charge in [-0.05, 0) is 75.0 Å². The molecule has 1 atom stereocenters. The van der Waals surface area contributed by atoms with Gasteiger partial charge in [0.15, 0.2) is 0 Å². The predicted molar refractivity (Wildman–Crippen MR) is 83.3 cm³/mol. The maximum Gasteiger partial charge on any atom is 0.224 e. The summed E-state index contributed by atoms with van der Waals surface area (Å²) in [4.78, 5) is 0. The van der Waals surface area contributed by atoms with E-state index in [4.69, 9.17) is 4.43 Å². The smallest absolute Gasteiger partial charge is 0.224 e. The van der Waals surface area contributed by atoms with Crippen molar-refractivity contribution in [3.05, 3.63) is 24.1 Å². The van der Waals surface area contributed by atoms with Crippen LogP contribution in [0.15, 0.2) is 24.1 Å². The normalized spacial score (nSPS) is 41.8. The molecule has 4 bridgehead atoms. The Labute approximate surface area is 119 Å². The van der Waals surface area contributed by atoms with E-state index < -0.39 is 9.04 Å². The molecule has 0 saturated heterocycles. The van der Waals surface area contributed by atoms with Crippen LogP contribution in [0.5, 0.6) is 0 Å². The standard InChI is InChI=1S/C17H28OSi/c1-3-7-19(4-2)18-6-5-17-15-9-13-8-14(11-15)12-16(17)10-13/h3-4,7,13-17,19H,2,5-6,8-12H2,1H3. The third-order valence-corrected chi connectivity index (χ3v) is 7.65. The van der Waals surface area contributed by atoms with E-state index in [-0.39, 0.29) is 0 Å². The molecule has 0 heterocycles. The van der Waals surface area contributed by atoms with Crippen LogP contribution in [0.25, 0.3) is 0 Å². The first kappa shape index (κ1) is 13.6. The van der Waals surface area contributed by atoms with Crippen molar-refractivity contribution in [3.8, 4) is 0 Å². The summed E-state index contributed by atoms with van der Waals surface area (Å²) < 4.78 is 6.07. The van der Waals surface area contributed by atoms with Crippen LogP contribution in [0.1, 0.15) is 45.4 Å². The third kappa shape index (κ3) is 2.90. The molecule has 4 fully saturated rings. The van der Waals surface area contributed by atoms with Gasteiger partial charge in [-0.25, -0.2) is 0 Å². The van der Waals surface area contributed by atoms with Gasteiger partial charge < -0.3 is 4.43 Å². The van der Waals surface area contributed by atoms with Gasteiger partial charge >= 0.3 is 0 Å². The maximum absolute atomic E-state index is 6.07. The van der Waals surface area contributed by atoms with E-state index in [0.29, 0.717) is 0 Å². The topological polar surface area (TPSA) is 9.23 Å². The Morgan fingerprint density at radius 1 is 1.11 bits per heavy atom. The van der Waals surface area contributed by atoms with Gasteiger partial charge in [0, 0.05) is 6.61 Å². The maximum atomic E-state index is 6.07. The van der Waals surface area contributed by atoms with Gasteiger partial charge in [-0.1, -0.05) is 17.5 Å². The lowest BCUT2D eigenvalue weighted by Crippen LogP contribution is -2.45. The Balaban J connectivity index is 1.49. The van der Waals surface area contributed by atoms with Gasteiger partial charge in [0.2, 0.25) is 9.04 Å². The van der Waals surface area contributed by atoms with Crippen LogP contribution in [0, 0.1) is 29.6 Å². The van der Waals surface area contributed by atoms with Crippen LogP contribution < -0.4 is 0 Å². The second-order valence-corrected chi connectivity index (χ2v) is 9.10. The molecule has 1 nitrogen and oxygen atoms in total. The second kappa shape index (κ2) is 5.97. The molecule has 0 aromatic carbocycles. The summed E-state index contributed by atoms with van der Waals surface area (Å²) in [6, 6.07) is 0. The quantitative estimate of drug-likeness (QED) is 0.666. The summed E-state index contributed by atoms with van der Waals surface area (Å²) in [5.74, 6) is 5.27. The van der Waals surface area contributed by atoms with E-state index in [2.05, 4.69) is 25.3 Å². The van der Waals surface area contributed by atoms with E-state index in [0.717, 1.165) is 36.2 Å². The predicted octanol–water partition coefficient (Wildman–Crippen LogP) is 4.03. The molecule has 4 rings (SSSR count). The van der Waals surface area contributed by atoms with E-state index in [9.17, 15) is 0 Å². The van der Waals surface area contributed by atoms with Crippen molar-refractivity contribution in [1.29, 1.82) is 0 Å². The Morgan fingerprint density at radius 3 is 2.26 bits per heavy atom. The molecule has 4 aliphatic rings. The average molecular weight is 276 g/mol. The first-order valence-electron chi connectivity index (χ1n) is 8.17. The van der Waals surface area contributed by atoms with Gasteiger partial charge in [0.25, 0.3) is 0 Å². The summed E-state index contributed by atoms with van der Waals surface area (Å²) in [6.45, 7) is 6.95. The minimum absolute atomic E-state index is 0.972. The number of allylic oxidation sites excluding steroid dienone is 1. The molecule has 0 spiro atoms. The minimum Gasteiger partial charge on any atom is -0.412 e. The third-order valence-electron chi connectivity index (χ3n) is 5.80. The minimum atomic E-state index is -1.24. The van der Waals surface area contributed by atoms with Crippen LogP contribution in [-0.4, -0.2) is 15.6 Å². The van der Waals surface area contributed by atoms with Crippen molar-refractivity contribution in [2.75, 3.05) is 6.61 Å². The molecule has 0 radical (unpaired) electrons. The molecule has 106 valence electrons. The fraction of sp³-hybridized carbons (Fsp3) is 0.765. The zero-order valence-corrected chi connectivity index (χ0v) is 13.4. The number of hydrogen-bond donors (Lipinski definition) is 0. The SMILES string of the molecule is C=C[SiH](C=CC)OCCC1C2CC3CC(C2)CC1C3. The molecule has 19 heavy (non-hydrogen) atoms. The van der Waals surface area contributed by atoms with Gasteiger partial charge in [0.1, 0.15) is 0 Å². The van der Waals surface area contributed by atoms with Crippen LogP contribution in [0.2, 0.25) is 0 Å². The van der Waals surface area contributed by atoms with Crippen LogP contribution in [-0.2, 0) is 4.43 Å². The summed E-state index contributed by atoms with van der Waals surface area (Å²) in [6.07, 6.45) is 11.1. The van der Waals surface area contributed by atoms with E-state index in [1.165, 1.54) is 32.1 Å². The van der Waals surface area contributed by atoms with Crippen molar-refractivity contribution in [2.45, 2.75) is 45.4 Å². The molecular weight excluding hydrogens is 248 g/mol. The van der Waals surface area contributed by atoms with Crippen LogP contribution >= 0.6 is 0 Å². The molecule has 4 saturated carbocycles. The molecule has 0 aliphatic heterocycles. The fourth-order valence-corrected chi connectivity index (χ4v) is 6.43. The molecular formula is C17H28OSi. The Hall–Kier alpha value is -0.343. The fourth-order valence-electron chi connectivity index (χ4n) is 5.24. The number of hydrogen-bond acceptors (Lipinski definition) is 1. The second-order valence-electron chi connectivity index (χ2n) is 6.98. The summed E-state index contributed by atoms with van der Waals surface area (Å²) in [5, 5.41) is 0. The molecule has 0 amide bonds. The average Bonchev–Trinajstić information content (AvgIpc) is 2.40. The molecule has 2 heteroatoms. The summed E-state index contributed by atoms with van der Waals surface area (Å²) in [7, 11) is -1.24. The Bertz CT molecular complexity index is 321. The molecule has 0 N–H and O–H groups in total. The highest BCUT2D eigenvalue weighted by Gasteiger charge is 2.47. The van der Waals surface area contributed by atoms with Crippen molar-refractivity contribution in [3.63, 3.8) is 0 Å². The zero-order valence-electron chi connectivity index (χ0n) is 12.3. The zero-order chi connectivity index (χ0) is 13.2. The van der Waals surface area contributed by atoms with Crippen molar-refractivity contribution < 1.29 is 4.43 Å². The molecule has 0 aromatic heterocycles. The first-order valence-corrected chi connectivity index (χ1v) is 9.97. The van der Waals surface area contributed by atoms with Gasteiger partial charge in [0.05, 0.1) is 0 Å². The lowest BCUT2D eigenvalue weighted by atomic mass is 9.51. The van der Waals surface area contributed by atoms with Crippen molar-refractivity contribution in [2.24, 2.45) is 29.6 Å². The highest BCUT2D eigenvalue weighted by atomic mass is 28.3. The Kier molecular flexibility index (Phi) is 4.28. The van der Waals surface area contributed by atoms with Crippen LogP contribution in [0.3, 0.4) is 0 Å². The lowest BCUT2D eigenvalue weighted by molar-refractivity contribution is -0.0436. The number of rotatable bonds is 6. The van der Waals surface area contributed by atoms with Crippen molar-refractivity contribution in [1.82, 2.24) is 0 Å². The van der Waals surface area contributed by atoms with Gasteiger partial charge in [-0.2, -0.15) is 0 Å². The Morgan fingerprint density at radius 2 is 1.74 bits per heavy atom. The molecule has 4 aliphatic carbocycles. The van der Waals surface area contributed by atoms with E-state index in [1.807, 2.05) is 5.70 Å². The molecule has 0 aromatic rings. The van der Waals surface area contributed by atoms with E-state index >= 15 is 0 Å². The van der Waals surface area contributed by atoms with E-state index in [1.54, 1.807) is 6.42 Å². The van der Waals surface area contributed by atoms with Crippen molar-refractivity contribution >= 4 is 9.04 Å². The molecule has 1 unspecified atom stereocenters. The largest absolute Gasteiger partial charge is 0.412 e. The monoisotopic (exact) mass is 276 g/mol. The van der Waals surface area contributed by atoms with Gasteiger partial charge in [-0.3, -0.25) is 0 Å². The highest BCUT2D eigenvalue weighted by Crippen LogP contribution is 2.57. The van der Waals surface area contributed by atoms with Gasteiger partial charge in [-0.15, -0.1) is 6.58 Å². The summed E-state index contributed by atoms with van der Waals surface area (Å²) in [5.41, 5.74) is 4.26.